The normalized spacial score (nSPS) is 12.5. The van der Waals surface area contributed by atoms with Gasteiger partial charge in [0.15, 0.2) is 0 Å². The van der Waals surface area contributed by atoms with Crippen LogP contribution in [0.2, 0.25) is 0 Å². The molecule has 13 heavy (non-hydrogen) atoms. The number of carbonyl (C=O) groups excluding carboxylic acids is 1. The van der Waals surface area contributed by atoms with Gasteiger partial charge in [0.1, 0.15) is 5.88 Å². The fraction of sp³-hybridized carbons (Fsp3) is 0.900. The maximum atomic E-state index is 11.0. The predicted molar refractivity (Wildman–Crippen MR) is 57.1 cm³/mol. The third kappa shape index (κ3) is 6.88. The number of nitrogens with one attached hydrogen (secondary N) is 1. The van der Waals surface area contributed by atoms with E-state index in [0.29, 0.717) is 6.04 Å². The van der Waals surface area contributed by atoms with Crippen molar-refractivity contribution in [2.24, 2.45) is 0 Å². The van der Waals surface area contributed by atoms with Crippen molar-refractivity contribution in [1.82, 2.24) is 5.32 Å². The predicted octanol–water partition coefficient (Wildman–Crippen LogP) is 2.70. The van der Waals surface area contributed by atoms with Crippen LogP contribution in [-0.2, 0) is 4.79 Å². The molecule has 2 nitrogen and oxygen atoms in total. The van der Waals surface area contributed by atoms with Crippen LogP contribution < -0.4 is 5.32 Å². The van der Waals surface area contributed by atoms with Gasteiger partial charge in [-0.15, -0.1) is 11.6 Å². The van der Waals surface area contributed by atoms with Gasteiger partial charge in [0.2, 0.25) is 5.91 Å². The molecule has 1 N–H and O–H groups in total. The van der Waals surface area contributed by atoms with Crippen molar-refractivity contribution in [3.63, 3.8) is 0 Å². The van der Waals surface area contributed by atoms with E-state index in [1.807, 2.05) is 0 Å². The zero-order valence-corrected chi connectivity index (χ0v) is 9.36. The Kier molecular flexibility index (Phi) is 8.21. The number of amides is 1. The standard InChI is InChI=1S/C10H20ClNO/c1-3-5-7-9(6-4-2)12-10(13)8-11/h9H,3-8H2,1-2H3,(H,12,13). The lowest BCUT2D eigenvalue weighted by atomic mass is 10.1. The Morgan fingerprint density at radius 2 is 2.00 bits per heavy atom. The molecule has 0 aromatic rings. The Bertz CT molecular complexity index is 139. The lowest BCUT2D eigenvalue weighted by Crippen LogP contribution is -2.35. The first-order valence-corrected chi connectivity index (χ1v) is 5.63. The van der Waals surface area contributed by atoms with Crippen LogP contribution >= 0.6 is 11.6 Å². The summed E-state index contributed by atoms with van der Waals surface area (Å²) >= 11 is 5.42. The first-order valence-electron chi connectivity index (χ1n) is 5.09. The van der Waals surface area contributed by atoms with Crippen LogP contribution in [0, 0.1) is 0 Å². The summed E-state index contributed by atoms with van der Waals surface area (Å²) in [6.07, 6.45) is 5.59. The van der Waals surface area contributed by atoms with Crippen molar-refractivity contribution >= 4 is 17.5 Å². The van der Waals surface area contributed by atoms with Gasteiger partial charge in [0, 0.05) is 6.04 Å². The molecule has 0 aliphatic heterocycles. The molecule has 0 aromatic heterocycles. The van der Waals surface area contributed by atoms with Gasteiger partial charge in [-0.05, 0) is 12.8 Å². The molecule has 0 heterocycles. The molecule has 0 aliphatic rings. The zero-order valence-electron chi connectivity index (χ0n) is 8.61. The van der Waals surface area contributed by atoms with Crippen molar-refractivity contribution < 1.29 is 4.79 Å². The molecule has 0 radical (unpaired) electrons. The fourth-order valence-corrected chi connectivity index (χ4v) is 1.43. The highest BCUT2D eigenvalue weighted by Crippen LogP contribution is 2.06. The average molecular weight is 206 g/mol. The van der Waals surface area contributed by atoms with Crippen molar-refractivity contribution in [3.05, 3.63) is 0 Å². The third-order valence-electron chi connectivity index (χ3n) is 2.03. The van der Waals surface area contributed by atoms with Gasteiger partial charge in [-0.1, -0.05) is 33.1 Å². The monoisotopic (exact) mass is 205 g/mol. The van der Waals surface area contributed by atoms with Crippen molar-refractivity contribution in [2.45, 2.75) is 52.0 Å². The van der Waals surface area contributed by atoms with Gasteiger partial charge in [-0.25, -0.2) is 0 Å². The van der Waals surface area contributed by atoms with Crippen LogP contribution in [0.1, 0.15) is 46.0 Å². The molecular formula is C10H20ClNO. The van der Waals surface area contributed by atoms with E-state index in [4.69, 9.17) is 11.6 Å². The average Bonchev–Trinajstić information content (AvgIpc) is 2.14. The van der Waals surface area contributed by atoms with Crippen LogP contribution in [-0.4, -0.2) is 17.8 Å². The van der Waals surface area contributed by atoms with Gasteiger partial charge < -0.3 is 5.32 Å². The highest BCUT2D eigenvalue weighted by atomic mass is 35.5. The highest BCUT2D eigenvalue weighted by molar-refractivity contribution is 6.27. The summed E-state index contributed by atoms with van der Waals surface area (Å²) in [6.45, 7) is 4.29. The minimum absolute atomic E-state index is 0.0452. The minimum atomic E-state index is -0.0452. The molecule has 0 rings (SSSR count). The molecule has 0 saturated carbocycles. The van der Waals surface area contributed by atoms with Crippen LogP contribution in [0.5, 0.6) is 0 Å². The molecule has 0 spiro atoms. The molecule has 0 saturated heterocycles. The van der Waals surface area contributed by atoms with Gasteiger partial charge in [0.05, 0.1) is 0 Å². The largest absolute Gasteiger partial charge is 0.352 e. The van der Waals surface area contributed by atoms with Gasteiger partial charge in [-0.2, -0.15) is 0 Å². The smallest absolute Gasteiger partial charge is 0.235 e. The van der Waals surface area contributed by atoms with E-state index in [2.05, 4.69) is 19.2 Å². The van der Waals surface area contributed by atoms with E-state index in [9.17, 15) is 4.79 Å². The Balaban J connectivity index is 3.71. The number of halogens is 1. The van der Waals surface area contributed by atoms with E-state index in [1.54, 1.807) is 0 Å². The third-order valence-corrected chi connectivity index (χ3v) is 2.27. The molecular weight excluding hydrogens is 186 g/mol. The first-order chi connectivity index (χ1) is 6.24. The molecule has 0 fully saturated rings. The van der Waals surface area contributed by atoms with Crippen LogP contribution in [0.4, 0.5) is 0 Å². The molecule has 1 amide bonds. The topological polar surface area (TPSA) is 29.1 Å². The summed E-state index contributed by atoms with van der Waals surface area (Å²) in [7, 11) is 0. The maximum Gasteiger partial charge on any atom is 0.235 e. The summed E-state index contributed by atoms with van der Waals surface area (Å²) in [6, 6.07) is 0.330. The van der Waals surface area contributed by atoms with E-state index in [0.717, 1.165) is 19.3 Å². The van der Waals surface area contributed by atoms with Gasteiger partial charge in [0.25, 0.3) is 0 Å². The Hall–Kier alpha value is -0.240. The quantitative estimate of drug-likeness (QED) is 0.637. The Morgan fingerprint density at radius 1 is 1.31 bits per heavy atom. The molecule has 0 aromatic carbocycles. The number of unbranched alkanes of at least 4 members (excludes halogenated alkanes) is 1. The Morgan fingerprint density at radius 3 is 2.46 bits per heavy atom. The van der Waals surface area contributed by atoms with Crippen molar-refractivity contribution in [3.8, 4) is 0 Å². The molecule has 78 valence electrons. The highest BCUT2D eigenvalue weighted by Gasteiger charge is 2.09. The number of hydrogen-bond acceptors (Lipinski definition) is 1. The summed E-state index contributed by atoms with van der Waals surface area (Å²) in [5.41, 5.74) is 0. The summed E-state index contributed by atoms with van der Waals surface area (Å²) in [5, 5.41) is 2.93. The first kappa shape index (κ1) is 12.8. The second-order valence-corrected chi connectivity index (χ2v) is 3.60. The number of alkyl halides is 1. The van der Waals surface area contributed by atoms with Crippen LogP contribution in [0.25, 0.3) is 0 Å². The van der Waals surface area contributed by atoms with Crippen LogP contribution in [0.3, 0.4) is 0 Å². The molecule has 1 atom stereocenters. The Labute approximate surface area is 86.0 Å². The number of rotatable bonds is 7. The lowest BCUT2D eigenvalue weighted by Gasteiger charge is -2.16. The minimum Gasteiger partial charge on any atom is -0.352 e. The second kappa shape index (κ2) is 8.36. The lowest BCUT2D eigenvalue weighted by molar-refractivity contribution is -0.119. The van der Waals surface area contributed by atoms with Crippen molar-refractivity contribution in [2.75, 3.05) is 5.88 Å². The molecule has 1 unspecified atom stereocenters. The van der Waals surface area contributed by atoms with Crippen molar-refractivity contribution in [1.29, 1.82) is 0 Å². The van der Waals surface area contributed by atoms with E-state index >= 15 is 0 Å². The molecule has 0 aliphatic carbocycles. The number of hydrogen-bond donors (Lipinski definition) is 1. The number of carbonyl (C=O) groups is 1. The van der Waals surface area contributed by atoms with Gasteiger partial charge in [-0.3, -0.25) is 4.79 Å². The zero-order chi connectivity index (χ0) is 10.1. The molecule has 3 heteroatoms. The summed E-state index contributed by atoms with van der Waals surface area (Å²) in [5.74, 6) is 0.0306. The van der Waals surface area contributed by atoms with Crippen LogP contribution in [0.15, 0.2) is 0 Å². The summed E-state index contributed by atoms with van der Waals surface area (Å²) < 4.78 is 0. The summed E-state index contributed by atoms with van der Waals surface area (Å²) in [4.78, 5) is 11.0. The van der Waals surface area contributed by atoms with E-state index in [-0.39, 0.29) is 11.8 Å². The fourth-order valence-electron chi connectivity index (χ4n) is 1.35. The second-order valence-electron chi connectivity index (χ2n) is 3.33. The maximum absolute atomic E-state index is 11.0. The van der Waals surface area contributed by atoms with Gasteiger partial charge >= 0.3 is 0 Å². The molecule has 0 bridgehead atoms. The SMILES string of the molecule is CCCCC(CCC)NC(=O)CCl. The van der Waals surface area contributed by atoms with E-state index < -0.39 is 0 Å². The van der Waals surface area contributed by atoms with E-state index in [1.165, 1.54) is 12.8 Å².